The summed E-state index contributed by atoms with van der Waals surface area (Å²) in [5.41, 5.74) is -0.797. The molecule has 22 heavy (non-hydrogen) atoms. The van der Waals surface area contributed by atoms with Crippen LogP contribution in [0.3, 0.4) is 0 Å². The van der Waals surface area contributed by atoms with Gasteiger partial charge in [0.25, 0.3) is 0 Å². The van der Waals surface area contributed by atoms with Crippen LogP contribution in [0, 0.1) is 5.92 Å². The number of alkyl halides is 3. The Hall–Kier alpha value is -2.38. The van der Waals surface area contributed by atoms with E-state index >= 15 is 0 Å². The summed E-state index contributed by atoms with van der Waals surface area (Å²) < 4.78 is 37.3. The van der Waals surface area contributed by atoms with E-state index in [1.807, 2.05) is 0 Å². The van der Waals surface area contributed by atoms with Crippen LogP contribution in [0.5, 0.6) is 0 Å². The van der Waals surface area contributed by atoms with E-state index in [0.717, 1.165) is 36.1 Å². The maximum absolute atomic E-state index is 12.4. The first kappa shape index (κ1) is 17.7. The lowest BCUT2D eigenvalue weighted by Gasteiger charge is -2.18. The van der Waals surface area contributed by atoms with E-state index in [-0.39, 0.29) is 5.69 Å². The highest BCUT2D eigenvalue weighted by Gasteiger charge is 2.33. The number of ketones is 1. The fourth-order valence-corrected chi connectivity index (χ4v) is 1.69. The van der Waals surface area contributed by atoms with Crippen molar-refractivity contribution in [2.75, 3.05) is 19.4 Å². The second-order valence-electron chi connectivity index (χ2n) is 4.84. The molecule has 1 N–H and O–H groups in total. The number of nitrogens with zero attached hydrogens (tertiary/aromatic N) is 1. The van der Waals surface area contributed by atoms with Crippen LogP contribution in [0.25, 0.3) is 0 Å². The second-order valence-corrected chi connectivity index (χ2v) is 4.84. The summed E-state index contributed by atoms with van der Waals surface area (Å²) in [6, 6.07) is 3.70. The van der Waals surface area contributed by atoms with Crippen LogP contribution in [0.1, 0.15) is 12.5 Å². The SMILES string of the molecule is CC(=O)C(C(=O)Nc1ccc(C(F)(F)F)cc1)C(=O)N(C)C. The third-order valence-electron chi connectivity index (χ3n) is 2.84. The predicted molar refractivity (Wildman–Crippen MR) is 72.9 cm³/mol. The van der Waals surface area contributed by atoms with Crippen molar-refractivity contribution in [3.8, 4) is 0 Å². The lowest BCUT2D eigenvalue weighted by molar-refractivity contribution is -0.143. The van der Waals surface area contributed by atoms with E-state index < -0.39 is 35.3 Å². The van der Waals surface area contributed by atoms with Gasteiger partial charge in [0.05, 0.1) is 5.56 Å². The zero-order valence-corrected chi connectivity index (χ0v) is 12.2. The molecule has 0 aromatic heterocycles. The predicted octanol–water partition coefficient (Wildman–Crippen LogP) is 1.94. The summed E-state index contributed by atoms with van der Waals surface area (Å²) in [5.74, 6) is -3.76. The summed E-state index contributed by atoms with van der Waals surface area (Å²) in [5, 5.41) is 2.26. The number of amides is 2. The number of hydrogen-bond donors (Lipinski definition) is 1. The Morgan fingerprint density at radius 2 is 1.59 bits per heavy atom. The molecular weight excluding hydrogens is 301 g/mol. The van der Waals surface area contributed by atoms with Crippen LogP contribution in [-0.4, -0.2) is 36.6 Å². The Labute approximate surface area is 125 Å². The van der Waals surface area contributed by atoms with E-state index in [4.69, 9.17) is 0 Å². The first-order chi connectivity index (χ1) is 10.0. The Kier molecular flexibility index (Phi) is 5.29. The van der Waals surface area contributed by atoms with Crippen molar-refractivity contribution in [3.05, 3.63) is 29.8 Å². The summed E-state index contributed by atoms with van der Waals surface area (Å²) in [7, 11) is 2.79. The van der Waals surface area contributed by atoms with Gasteiger partial charge in [0.15, 0.2) is 11.7 Å². The molecule has 0 saturated heterocycles. The molecule has 0 spiro atoms. The number of hydrogen-bond acceptors (Lipinski definition) is 3. The zero-order chi connectivity index (χ0) is 17.1. The summed E-state index contributed by atoms with van der Waals surface area (Å²) in [6.45, 7) is 1.10. The molecule has 120 valence electrons. The van der Waals surface area contributed by atoms with Crippen molar-refractivity contribution in [1.82, 2.24) is 4.90 Å². The molecule has 0 heterocycles. The van der Waals surface area contributed by atoms with Gasteiger partial charge in [-0.3, -0.25) is 14.4 Å². The van der Waals surface area contributed by atoms with Gasteiger partial charge in [-0.1, -0.05) is 0 Å². The number of carbonyl (C=O) groups excluding carboxylic acids is 3. The molecule has 0 aliphatic carbocycles. The average Bonchev–Trinajstić information content (AvgIpc) is 2.37. The Bertz CT molecular complexity index is 580. The van der Waals surface area contributed by atoms with Crippen molar-refractivity contribution >= 4 is 23.3 Å². The molecule has 1 aromatic carbocycles. The summed E-state index contributed by atoms with van der Waals surface area (Å²) >= 11 is 0. The number of nitrogens with one attached hydrogen (secondary N) is 1. The highest BCUT2D eigenvalue weighted by atomic mass is 19.4. The van der Waals surface area contributed by atoms with Crippen LogP contribution in [-0.2, 0) is 20.6 Å². The van der Waals surface area contributed by atoms with Crippen molar-refractivity contribution < 1.29 is 27.6 Å². The molecule has 0 fully saturated rings. The van der Waals surface area contributed by atoms with Gasteiger partial charge in [0.1, 0.15) is 0 Å². The Balaban J connectivity index is 2.91. The minimum absolute atomic E-state index is 0.0656. The first-order valence-corrected chi connectivity index (χ1v) is 6.23. The van der Waals surface area contributed by atoms with E-state index in [1.165, 1.54) is 14.1 Å². The standard InChI is InChI=1S/C14H15F3N2O3/c1-8(20)11(13(22)19(2)3)12(21)18-10-6-4-9(5-7-10)14(15,16)17/h4-7,11H,1-3H3,(H,18,21). The molecule has 0 radical (unpaired) electrons. The number of rotatable bonds is 4. The molecule has 1 unspecified atom stereocenters. The summed E-state index contributed by atoms with van der Waals surface area (Å²) in [6.07, 6.45) is -4.48. The maximum Gasteiger partial charge on any atom is 0.416 e. The number of carbonyl (C=O) groups is 3. The van der Waals surface area contributed by atoms with Gasteiger partial charge in [0.2, 0.25) is 11.8 Å². The first-order valence-electron chi connectivity index (χ1n) is 6.23. The van der Waals surface area contributed by atoms with E-state index in [0.29, 0.717) is 0 Å². The second kappa shape index (κ2) is 6.59. The van der Waals surface area contributed by atoms with E-state index in [9.17, 15) is 27.6 Å². The average molecular weight is 316 g/mol. The highest BCUT2D eigenvalue weighted by molar-refractivity contribution is 6.20. The number of anilines is 1. The van der Waals surface area contributed by atoms with Crippen LogP contribution in [0.4, 0.5) is 18.9 Å². The molecule has 1 aromatic rings. The minimum atomic E-state index is -4.48. The van der Waals surface area contributed by atoms with Crippen LogP contribution >= 0.6 is 0 Å². The van der Waals surface area contributed by atoms with Crippen LogP contribution < -0.4 is 5.32 Å². The van der Waals surface area contributed by atoms with Gasteiger partial charge in [-0.25, -0.2) is 0 Å². The smallest absolute Gasteiger partial charge is 0.348 e. The van der Waals surface area contributed by atoms with Gasteiger partial charge in [-0.05, 0) is 31.2 Å². The molecule has 0 saturated carbocycles. The Morgan fingerprint density at radius 3 is 1.95 bits per heavy atom. The fourth-order valence-electron chi connectivity index (χ4n) is 1.69. The molecule has 2 amide bonds. The number of halogens is 3. The minimum Gasteiger partial charge on any atom is -0.348 e. The molecule has 1 rings (SSSR count). The van der Waals surface area contributed by atoms with Gasteiger partial charge in [-0.2, -0.15) is 13.2 Å². The largest absolute Gasteiger partial charge is 0.416 e. The normalized spacial score (nSPS) is 12.5. The fraction of sp³-hybridized carbons (Fsp3) is 0.357. The lowest BCUT2D eigenvalue weighted by Crippen LogP contribution is -2.41. The molecule has 0 aliphatic rings. The molecule has 0 aliphatic heterocycles. The van der Waals surface area contributed by atoms with Gasteiger partial charge >= 0.3 is 6.18 Å². The topological polar surface area (TPSA) is 66.5 Å². The monoisotopic (exact) mass is 316 g/mol. The summed E-state index contributed by atoms with van der Waals surface area (Å²) in [4.78, 5) is 36.3. The quantitative estimate of drug-likeness (QED) is 0.863. The maximum atomic E-state index is 12.4. The third kappa shape index (κ3) is 4.31. The van der Waals surface area contributed by atoms with E-state index in [1.54, 1.807) is 0 Å². The van der Waals surface area contributed by atoms with Crippen molar-refractivity contribution in [2.45, 2.75) is 13.1 Å². The van der Waals surface area contributed by atoms with Gasteiger partial charge < -0.3 is 10.2 Å². The van der Waals surface area contributed by atoms with Crippen molar-refractivity contribution in [2.24, 2.45) is 5.92 Å². The number of Topliss-reactive ketones (excluding diaryl/α,β-unsaturated/α-hetero) is 1. The highest BCUT2D eigenvalue weighted by Crippen LogP contribution is 2.29. The molecule has 8 heteroatoms. The van der Waals surface area contributed by atoms with Crippen LogP contribution in [0.15, 0.2) is 24.3 Å². The van der Waals surface area contributed by atoms with Crippen LogP contribution in [0.2, 0.25) is 0 Å². The van der Waals surface area contributed by atoms with E-state index in [2.05, 4.69) is 5.32 Å². The third-order valence-corrected chi connectivity index (χ3v) is 2.84. The number of benzene rings is 1. The molecule has 5 nitrogen and oxygen atoms in total. The van der Waals surface area contributed by atoms with Crippen molar-refractivity contribution in [1.29, 1.82) is 0 Å². The van der Waals surface area contributed by atoms with Gasteiger partial charge in [0, 0.05) is 19.8 Å². The molecular formula is C14H15F3N2O3. The Morgan fingerprint density at radius 1 is 1.09 bits per heavy atom. The zero-order valence-electron chi connectivity index (χ0n) is 12.2. The van der Waals surface area contributed by atoms with Crippen molar-refractivity contribution in [3.63, 3.8) is 0 Å². The molecule has 1 atom stereocenters. The van der Waals surface area contributed by atoms with Gasteiger partial charge in [-0.15, -0.1) is 0 Å². The molecule has 0 bridgehead atoms. The lowest BCUT2D eigenvalue weighted by atomic mass is 10.0.